The molecule has 0 radical (unpaired) electrons. The zero-order chi connectivity index (χ0) is 21.9. The molecule has 5 rings (SSSR count). The lowest BCUT2D eigenvalue weighted by atomic mass is 9.88. The molecule has 6 heteroatoms. The van der Waals surface area contributed by atoms with E-state index < -0.39 is 29.4 Å². The van der Waals surface area contributed by atoms with Crippen LogP contribution >= 0.6 is 0 Å². The molecular weight excluding hydrogens is 408 g/mol. The van der Waals surface area contributed by atoms with Crippen molar-refractivity contribution in [2.24, 2.45) is 5.92 Å². The first-order chi connectivity index (χ1) is 14.8. The maximum atomic E-state index is 15.2. The molecule has 0 amide bonds. The number of hydrogen-bond acceptors (Lipinski definition) is 2. The fourth-order valence-corrected chi connectivity index (χ4v) is 5.21. The van der Waals surface area contributed by atoms with Crippen LogP contribution in [0.1, 0.15) is 73.8 Å². The van der Waals surface area contributed by atoms with Gasteiger partial charge in [0.1, 0.15) is 0 Å². The van der Waals surface area contributed by atoms with Crippen LogP contribution < -0.4 is 0 Å². The molecule has 0 bridgehead atoms. The van der Waals surface area contributed by atoms with Crippen LogP contribution in [0.4, 0.5) is 17.6 Å². The molecule has 2 saturated heterocycles. The lowest BCUT2D eigenvalue weighted by Crippen LogP contribution is -2.23. The lowest BCUT2D eigenvalue weighted by Gasteiger charge is -2.28. The monoisotopic (exact) mass is 434 g/mol. The standard InChI is InChI=1S/C25H26F4O2/c1-12-3-6-19(31-10-12)18-9-16-7-15-8-17(14-5-4-13(2)30-11-14)22(26)24(28)20(15)21(16)25(29)23(18)27/h8-9,12-14,19H,3-7,10-11H2,1-2H3. The van der Waals surface area contributed by atoms with Gasteiger partial charge in [-0.1, -0.05) is 13.0 Å². The minimum absolute atomic E-state index is 0.100. The summed E-state index contributed by atoms with van der Waals surface area (Å²) in [7, 11) is 0. The van der Waals surface area contributed by atoms with Gasteiger partial charge in [-0.05, 0) is 67.7 Å². The van der Waals surface area contributed by atoms with Gasteiger partial charge < -0.3 is 9.47 Å². The Balaban J connectivity index is 1.54. The van der Waals surface area contributed by atoms with Crippen molar-refractivity contribution >= 4 is 0 Å². The summed E-state index contributed by atoms with van der Waals surface area (Å²) in [5.41, 5.74) is 1.11. The summed E-state index contributed by atoms with van der Waals surface area (Å²) >= 11 is 0. The molecule has 0 aromatic heterocycles. The largest absolute Gasteiger partial charge is 0.378 e. The smallest absolute Gasteiger partial charge is 0.167 e. The predicted molar refractivity (Wildman–Crippen MR) is 109 cm³/mol. The van der Waals surface area contributed by atoms with Gasteiger partial charge >= 0.3 is 0 Å². The first-order valence-electron chi connectivity index (χ1n) is 11.1. The zero-order valence-corrected chi connectivity index (χ0v) is 17.7. The summed E-state index contributed by atoms with van der Waals surface area (Å²) in [6.45, 7) is 4.83. The minimum atomic E-state index is -1.12. The Kier molecular flexibility index (Phi) is 5.33. The van der Waals surface area contributed by atoms with Gasteiger partial charge in [-0.2, -0.15) is 0 Å². The number of rotatable bonds is 2. The Morgan fingerprint density at radius 2 is 1.35 bits per heavy atom. The van der Waals surface area contributed by atoms with Gasteiger partial charge in [-0.3, -0.25) is 0 Å². The molecule has 2 heterocycles. The normalized spacial score (nSPS) is 27.8. The van der Waals surface area contributed by atoms with Crippen molar-refractivity contribution in [3.63, 3.8) is 0 Å². The lowest BCUT2D eigenvalue weighted by molar-refractivity contribution is -0.0144. The average Bonchev–Trinajstić information content (AvgIpc) is 3.13. The molecule has 4 unspecified atom stereocenters. The summed E-state index contributed by atoms with van der Waals surface area (Å²) in [6, 6.07) is 3.20. The molecule has 31 heavy (non-hydrogen) atoms. The maximum Gasteiger partial charge on any atom is 0.167 e. The maximum absolute atomic E-state index is 15.2. The molecule has 3 aliphatic rings. The van der Waals surface area contributed by atoms with Gasteiger partial charge in [0, 0.05) is 29.2 Å². The van der Waals surface area contributed by atoms with Crippen molar-refractivity contribution in [3.8, 4) is 11.1 Å². The van der Waals surface area contributed by atoms with Gasteiger partial charge in [0.25, 0.3) is 0 Å². The predicted octanol–water partition coefficient (Wildman–Crippen LogP) is 6.58. The van der Waals surface area contributed by atoms with Crippen LogP contribution in [0.2, 0.25) is 0 Å². The third-order valence-corrected chi connectivity index (χ3v) is 7.06. The summed E-state index contributed by atoms with van der Waals surface area (Å²) < 4.78 is 71.7. The highest BCUT2D eigenvalue weighted by Crippen LogP contribution is 2.46. The minimum Gasteiger partial charge on any atom is -0.378 e. The first-order valence-corrected chi connectivity index (χ1v) is 11.1. The topological polar surface area (TPSA) is 18.5 Å². The SMILES string of the molecule is CC1CCC(c2cc3c(c(F)c2F)-c2c(cc(C4CCC(C)OC4)c(F)c2F)C3)OC1. The number of hydrogen-bond donors (Lipinski definition) is 0. The van der Waals surface area contributed by atoms with Gasteiger partial charge in [-0.25, -0.2) is 17.6 Å². The molecule has 2 nitrogen and oxygen atoms in total. The van der Waals surface area contributed by atoms with Crippen LogP contribution in [0.5, 0.6) is 0 Å². The van der Waals surface area contributed by atoms with Gasteiger partial charge in [0.2, 0.25) is 0 Å². The summed E-state index contributed by atoms with van der Waals surface area (Å²) in [4.78, 5) is 0. The number of benzene rings is 2. The summed E-state index contributed by atoms with van der Waals surface area (Å²) in [5, 5.41) is 0. The molecular formula is C25H26F4O2. The van der Waals surface area contributed by atoms with E-state index in [1.165, 1.54) is 0 Å². The average molecular weight is 434 g/mol. The van der Waals surface area contributed by atoms with Gasteiger partial charge in [-0.15, -0.1) is 0 Å². The van der Waals surface area contributed by atoms with Crippen LogP contribution in [0.15, 0.2) is 12.1 Å². The van der Waals surface area contributed by atoms with E-state index in [1.807, 2.05) is 6.92 Å². The second-order valence-electron chi connectivity index (χ2n) is 9.36. The van der Waals surface area contributed by atoms with Crippen LogP contribution in [0.3, 0.4) is 0 Å². The van der Waals surface area contributed by atoms with Crippen LogP contribution in [0, 0.1) is 29.2 Å². The molecule has 2 aliphatic heterocycles. The van der Waals surface area contributed by atoms with Crippen molar-refractivity contribution in [1.82, 2.24) is 0 Å². The second-order valence-corrected chi connectivity index (χ2v) is 9.36. The molecule has 1 aliphatic carbocycles. The van der Waals surface area contributed by atoms with E-state index in [-0.39, 0.29) is 40.7 Å². The van der Waals surface area contributed by atoms with Crippen molar-refractivity contribution in [2.45, 2.75) is 64.1 Å². The van der Waals surface area contributed by atoms with E-state index in [2.05, 4.69) is 6.92 Å². The molecule has 0 N–H and O–H groups in total. The van der Waals surface area contributed by atoms with Crippen molar-refractivity contribution in [2.75, 3.05) is 13.2 Å². The molecule has 2 fully saturated rings. The Bertz CT molecular complexity index is 938. The molecule has 4 atom stereocenters. The fraction of sp³-hybridized carbons (Fsp3) is 0.520. The Labute approximate surface area is 179 Å². The van der Waals surface area contributed by atoms with Crippen LogP contribution in [-0.2, 0) is 15.9 Å². The molecule has 0 spiro atoms. The Morgan fingerprint density at radius 3 is 1.94 bits per heavy atom. The highest BCUT2D eigenvalue weighted by molar-refractivity contribution is 5.79. The third kappa shape index (κ3) is 3.48. The van der Waals surface area contributed by atoms with Gasteiger partial charge in [0.05, 0.1) is 18.8 Å². The van der Waals surface area contributed by atoms with E-state index in [9.17, 15) is 4.39 Å². The van der Waals surface area contributed by atoms with E-state index in [1.54, 1.807) is 12.1 Å². The van der Waals surface area contributed by atoms with Gasteiger partial charge in [0.15, 0.2) is 23.3 Å². The molecule has 2 aromatic carbocycles. The van der Waals surface area contributed by atoms with Crippen molar-refractivity contribution in [3.05, 3.63) is 57.7 Å². The fourth-order valence-electron chi connectivity index (χ4n) is 5.21. The summed E-state index contributed by atoms with van der Waals surface area (Å²) in [5.74, 6) is -4.08. The highest BCUT2D eigenvalue weighted by atomic mass is 19.2. The van der Waals surface area contributed by atoms with Crippen molar-refractivity contribution < 1.29 is 27.0 Å². The van der Waals surface area contributed by atoms with Crippen LogP contribution in [0.25, 0.3) is 11.1 Å². The number of halogens is 4. The number of ether oxygens (including phenoxy) is 2. The highest BCUT2D eigenvalue weighted by Gasteiger charge is 2.35. The van der Waals surface area contributed by atoms with Crippen molar-refractivity contribution in [1.29, 1.82) is 0 Å². The van der Waals surface area contributed by atoms with E-state index in [0.29, 0.717) is 43.1 Å². The summed E-state index contributed by atoms with van der Waals surface area (Å²) in [6.07, 6.45) is 2.78. The Morgan fingerprint density at radius 1 is 0.710 bits per heavy atom. The van der Waals surface area contributed by atoms with E-state index >= 15 is 13.2 Å². The molecule has 166 valence electrons. The van der Waals surface area contributed by atoms with E-state index in [4.69, 9.17) is 9.47 Å². The van der Waals surface area contributed by atoms with Crippen LogP contribution in [-0.4, -0.2) is 19.3 Å². The van der Waals surface area contributed by atoms with E-state index in [0.717, 1.165) is 12.8 Å². The number of fused-ring (bicyclic) bond motifs is 3. The quantitative estimate of drug-likeness (QED) is 0.424. The third-order valence-electron chi connectivity index (χ3n) is 7.06. The Hall–Kier alpha value is -1.92. The second kappa shape index (κ2) is 7.89. The molecule has 0 saturated carbocycles. The first kappa shape index (κ1) is 21.0. The zero-order valence-electron chi connectivity index (χ0n) is 17.7. The molecule has 2 aromatic rings.